The third-order valence-electron chi connectivity index (χ3n) is 2.49. The average Bonchev–Trinajstić information content (AvgIpc) is 3.09. The van der Waals surface area contributed by atoms with E-state index in [1.54, 1.807) is 24.5 Å². The second-order valence-electron chi connectivity index (χ2n) is 3.75. The largest absolute Gasteiger partial charge is 0.478 e. The molecule has 0 fully saturated rings. The first-order valence-corrected chi connectivity index (χ1v) is 5.41. The van der Waals surface area contributed by atoms with Crippen LogP contribution in [0.15, 0.2) is 41.2 Å². The molecular weight excluding hydrogens is 248 g/mol. The first-order valence-electron chi connectivity index (χ1n) is 5.41. The highest BCUT2D eigenvalue weighted by Gasteiger charge is 2.13. The maximum Gasteiger partial charge on any atom is 0.335 e. The van der Waals surface area contributed by atoms with Gasteiger partial charge in [-0.3, -0.25) is 0 Å². The summed E-state index contributed by atoms with van der Waals surface area (Å²) in [7, 11) is 0. The summed E-state index contributed by atoms with van der Waals surface area (Å²) in [4.78, 5) is 21.9. The first-order chi connectivity index (χ1) is 9.24. The van der Waals surface area contributed by atoms with E-state index < -0.39 is 5.97 Å². The average molecular weight is 256 g/mol. The van der Waals surface area contributed by atoms with Crippen LogP contribution in [0.3, 0.4) is 0 Å². The van der Waals surface area contributed by atoms with Crippen LogP contribution in [-0.2, 0) is 0 Å². The monoisotopic (exact) mass is 256 g/mol. The van der Waals surface area contributed by atoms with Crippen LogP contribution >= 0.6 is 0 Å². The van der Waals surface area contributed by atoms with Gasteiger partial charge in [0.2, 0.25) is 5.82 Å². The lowest BCUT2D eigenvalue weighted by Gasteiger charge is -1.96. The van der Waals surface area contributed by atoms with Gasteiger partial charge in [-0.05, 0) is 18.2 Å². The summed E-state index contributed by atoms with van der Waals surface area (Å²) in [5, 5.41) is 12.7. The number of H-pyrrole nitrogens is 1. The van der Waals surface area contributed by atoms with Crippen molar-refractivity contribution in [2.24, 2.45) is 0 Å². The minimum absolute atomic E-state index is 0.162. The van der Waals surface area contributed by atoms with Crippen molar-refractivity contribution in [1.29, 1.82) is 0 Å². The molecule has 0 bridgehead atoms. The molecule has 0 atom stereocenters. The van der Waals surface area contributed by atoms with Crippen molar-refractivity contribution in [1.82, 2.24) is 20.1 Å². The Balaban J connectivity index is 1.99. The normalized spacial score (nSPS) is 10.5. The molecule has 0 saturated heterocycles. The molecule has 2 aromatic heterocycles. The maximum absolute atomic E-state index is 10.9. The molecule has 3 rings (SSSR count). The fourth-order valence-corrected chi connectivity index (χ4v) is 1.61. The van der Waals surface area contributed by atoms with Crippen LogP contribution in [0.5, 0.6) is 0 Å². The fraction of sp³-hybridized carbons (Fsp3) is 0. The van der Waals surface area contributed by atoms with Crippen molar-refractivity contribution in [2.45, 2.75) is 0 Å². The van der Waals surface area contributed by atoms with Crippen LogP contribution in [0.2, 0.25) is 0 Å². The van der Waals surface area contributed by atoms with Gasteiger partial charge in [-0.25, -0.2) is 9.78 Å². The van der Waals surface area contributed by atoms with E-state index in [2.05, 4.69) is 20.1 Å². The van der Waals surface area contributed by atoms with Crippen molar-refractivity contribution in [3.63, 3.8) is 0 Å². The van der Waals surface area contributed by atoms with Crippen molar-refractivity contribution in [3.8, 4) is 23.1 Å². The second kappa shape index (κ2) is 4.37. The predicted octanol–water partition coefficient (Wildman–Crippen LogP) is 1.82. The topological polar surface area (TPSA) is 105 Å². The second-order valence-corrected chi connectivity index (χ2v) is 3.75. The fourth-order valence-electron chi connectivity index (χ4n) is 1.61. The Labute approximate surface area is 106 Å². The van der Waals surface area contributed by atoms with Crippen LogP contribution in [0.1, 0.15) is 10.4 Å². The smallest absolute Gasteiger partial charge is 0.335 e. The summed E-state index contributed by atoms with van der Waals surface area (Å²) < 4.78 is 5.10. The molecule has 3 aromatic rings. The number of benzene rings is 1. The van der Waals surface area contributed by atoms with E-state index in [1.807, 2.05) is 0 Å². The van der Waals surface area contributed by atoms with E-state index in [1.165, 1.54) is 12.1 Å². The predicted molar refractivity (Wildman–Crippen MR) is 64.3 cm³/mol. The van der Waals surface area contributed by atoms with E-state index in [-0.39, 0.29) is 11.5 Å². The number of hydrogen-bond acceptors (Lipinski definition) is 5. The molecule has 94 valence electrons. The van der Waals surface area contributed by atoms with Crippen molar-refractivity contribution >= 4 is 5.97 Å². The van der Waals surface area contributed by atoms with E-state index in [0.29, 0.717) is 17.2 Å². The highest BCUT2D eigenvalue weighted by molar-refractivity contribution is 5.88. The molecule has 0 aliphatic rings. The van der Waals surface area contributed by atoms with Crippen LogP contribution < -0.4 is 0 Å². The summed E-state index contributed by atoms with van der Waals surface area (Å²) in [5.74, 6) is 0.0484. The summed E-state index contributed by atoms with van der Waals surface area (Å²) in [5.41, 5.74) is 0.709. The molecule has 0 saturated carbocycles. The van der Waals surface area contributed by atoms with E-state index in [0.717, 1.165) is 0 Å². The number of imidazole rings is 1. The highest BCUT2D eigenvalue weighted by Crippen LogP contribution is 2.21. The van der Waals surface area contributed by atoms with Crippen LogP contribution in [0.4, 0.5) is 0 Å². The van der Waals surface area contributed by atoms with Gasteiger partial charge in [-0.15, -0.1) is 0 Å². The molecule has 0 spiro atoms. The Morgan fingerprint density at radius 2 is 2.26 bits per heavy atom. The Hall–Kier alpha value is -2.96. The summed E-state index contributed by atoms with van der Waals surface area (Å²) in [6.07, 6.45) is 3.23. The van der Waals surface area contributed by atoms with E-state index >= 15 is 0 Å². The van der Waals surface area contributed by atoms with Crippen LogP contribution in [0.25, 0.3) is 23.1 Å². The van der Waals surface area contributed by atoms with Gasteiger partial charge < -0.3 is 14.6 Å². The van der Waals surface area contributed by atoms with Crippen molar-refractivity contribution < 1.29 is 14.4 Å². The standard InChI is InChI=1S/C12H8N4O3/c17-12(18)8-3-1-2-7(6-8)11-15-10(16-19-11)9-13-4-5-14-9/h1-6H,(H,13,14)(H,17,18). The van der Waals surface area contributed by atoms with Gasteiger partial charge >= 0.3 is 5.97 Å². The molecule has 2 N–H and O–H groups in total. The van der Waals surface area contributed by atoms with Gasteiger partial charge in [0.05, 0.1) is 5.56 Å². The molecule has 0 radical (unpaired) electrons. The van der Waals surface area contributed by atoms with Gasteiger partial charge in [0.25, 0.3) is 5.89 Å². The molecule has 1 aromatic carbocycles. The zero-order valence-electron chi connectivity index (χ0n) is 9.57. The zero-order chi connectivity index (χ0) is 13.2. The van der Waals surface area contributed by atoms with Crippen molar-refractivity contribution in [3.05, 3.63) is 42.2 Å². The molecular formula is C12H8N4O3. The quantitative estimate of drug-likeness (QED) is 0.740. The Kier molecular flexibility index (Phi) is 2.57. The number of aromatic amines is 1. The third kappa shape index (κ3) is 2.08. The number of carboxylic acid groups (broad SMARTS) is 1. The van der Waals surface area contributed by atoms with Crippen LogP contribution in [0, 0.1) is 0 Å². The first kappa shape index (κ1) is 11.1. The lowest BCUT2D eigenvalue weighted by molar-refractivity contribution is 0.0697. The van der Waals surface area contributed by atoms with Gasteiger partial charge in [0.1, 0.15) is 0 Å². The summed E-state index contributed by atoms with van der Waals surface area (Å²) in [6, 6.07) is 6.29. The number of nitrogens with zero attached hydrogens (tertiary/aromatic N) is 3. The molecule has 2 heterocycles. The lowest BCUT2D eigenvalue weighted by atomic mass is 10.1. The van der Waals surface area contributed by atoms with Crippen LogP contribution in [-0.4, -0.2) is 31.2 Å². The number of carbonyl (C=O) groups is 1. The number of rotatable bonds is 3. The van der Waals surface area contributed by atoms with E-state index in [4.69, 9.17) is 9.63 Å². The number of hydrogen-bond donors (Lipinski definition) is 2. The van der Waals surface area contributed by atoms with Gasteiger partial charge in [-0.1, -0.05) is 11.2 Å². The summed E-state index contributed by atoms with van der Waals surface area (Å²) in [6.45, 7) is 0. The molecule has 0 unspecified atom stereocenters. The number of aromatic carboxylic acids is 1. The molecule has 7 heteroatoms. The molecule has 19 heavy (non-hydrogen) atoms. The number of nitrogens with one attached hydrogen (secondary N) is 1. The molecule has 7 nitrogen and oxygen atoms in total. The number of carboxylic acids is 1. The highest BCUT2D eigenvalue weighted by atomic mass is 16.5. The minimum Gasteiger partial charge on any atom is -0.478 e. The Bertz CT molecular complexity index is 718. The lowest BCUT2D eigenvalue weighted by Crippen LogP contribution is -1.95. The van der Waals surface area contributed by atoms with Gasteiger partial charge in [0, 0.05) is 18.0 Å². The SMILES string of the molecule is O=C(O)c1cccc(-c2nc(-c3ncc[nH]3)no2)c1. The minimum atomic E-state index is -1.01. The van der Waals surface area contributed by atoms with E-state index in [9.17, 15) is 4.79 Å². The third-order valence-corrected chi connectivity index (χ3v) is 2.49. The molecule has 0 aliphatic carbocycles. The molecule has 0 aliphatic heterocycles. The zero-order valence-corrected chi connectivity index (χ0v) is 9.57. The van der Waals surface area contributed by atoms with Gasteiger partial charge in [-0.2, -0.15) is 4.98 Å². The van der Waals surface area contributed by atoms with Gasteiger partial charge in [0.15, 0.2) is 5.82 Å². The van der Waals surface area contributed by atoms with Crippen molar-refractivity contribution in [2.75, 3.05) is 0 Å². The number of aromatic nitrogens is 4. The molecule has 0 amide bonds. The summed E-state index contributed by atoms with van der Waals surface area (Å²) >= 11 is 0. The maximum atomic E-state index is 10.9. The Morgan fingerprint density at radius 1 is 1.37 bits per heavy atom. The Morgan fingerprint density at radius 3 is 3.00 bits per heavy atom.